The van der Waals surface area contributed by atoms with Crippen molar-refractivity contribution in [1.82, 2.24) is 19.6 Å². The Bertz CT molecular complexity index is 2830. The number of carbonyl (C=O) groups is 4. The normalized spacial score (nSPS) is 23.7. The first kappa shape index (κ1) is 61.4. The molecule has 6 aliphatic rings. The lowest BCUT2D eigenvalue weighted by atomic mass is 9.95. The van der Waals surface area contributed by atoms with Crippen LogP contribution in [0.5, 0.6) is 0 Å². The minimum atomic E-state index is -0.513. The number of amides is 2. The number of hydrogen-bond acceptors (Lipinski definition) is 11. The van der Waals surface area contributed by atoms with Gasteiger partial charge in [0.05, 0.1) is 44.3 Å². The Morgan fingerprint density at radius 1 is 0.549 bits per heavy atom. The zero-order chi connectivity index (χ0) is 57.9. The third-order valence-electron chi connectivity index (χ3n) is 17.5. The summed E-state index contributed by atoms with van der Waals surface area (Å²) >= 11 is 24.6. The number of rotatable bonds is 22. The predicted octanol–water partition coefficient (Wildman–Crippen LogP) is 12.3. The van der Waals surface area contributed by atoms with E-state index in [9.17, 15) is 19.2 Å². The second kappa shape index (κ2) is 29.1. The van der Waals surface area contributed by atoms with E-state index in [0.717, 1.165) is 98.3 Å². The number of Topliss-reactive ketones (excluding diaryl/α,β-unsaturated/α-hetero) is 2. The van der Waals surface area contributed by atoms with Crippen LogP contribution in [0.1, 0.15) is 133 Å². The van der Waals surface area contributed by atoms with Gasteiger partial charge in [0.15, 0.2) is 11.6 Å². The lowest BCUT2D eigenvalue weighted by Crippen LogP contribution is -2.50. The molecule has 13 nitrogen and oxygen atoms in total. The molecule has 17 heteroatoms. The molecule has 4 aromatic rings. The van der Waals surface area contributed by atoms with Crippen molar-refractivity contribution < 1.29 is 19.2 Å². The smallest absolute Gasteiger partial charge is 0.240 e. The SMILES string of the molecule is CC1=NN=C(CC[C@H](C(=O)CCc2ccc(Cl)c(Cl)c2)N2CCC(CCc3ccccc3)N3C[C@H](C)C[C@H]3C2=O)C1.CC1=NN=C(CC[C@H](C(=O)CCc2ccc(Cl)c(Cl)c2)N2CCC(CCc3ccccc3)N3C[C@H](N)C[C@H]3C2=O)C1. The lowest BCUT2D eigenvalue weighted by molar-refractivity contribution is -0.142. The van der Waals surface area contributed by atoms with Gasteiger partial charge in [-0.2, -0.15) is 20.4 Å². The molecular weight excluding hydrogens is 1110 g/mol. The average molecular weight is 1190 g/mol. The Kier molecular flexibility index (Phi) is 21.8. The van der Waals surface area contributed by atoms with E-state index in [4.69, 9.17) is 52.1 Å². The number of ketones is 2. The maximum Gasteiger partial charge on any atom is 0.240 e. The Morgan fingerprint density at radius 3 is 1.41 bits per heavy atom. The maximum atomic E-state index is 14.2. The first-order chi connectivity index (χ1) is 39.6. The molecule has 2 amide bonds. The fourth-order valence-electron chi connectivity index (χ4n) is 13.1. The van der Waals surface area contributed by atoms with Crippen molar-refractivity contribution in [3.63, 3.8) is 0 Å². The summed E-state index contributed by atoms with van der Waals surface area (Å²) in [6, 6.07) is 31.1. The molecule has 4 aromatic carbocycles. The van der Waals surface area contributed by atoms with Crippen LogP contribution in [0.3, 0.4) is 0 Å². The number of nitrogens with zero attached hydrogens (tertiary/aromatic N) is 8. The van der Waals surface area contributed by atoms with Crippen molar-refractivity contribution in [3.05, 3.63) is 139 Å². The largest absolute Gasteiger partial charge is 0.331 e. The third kappa shape index (κ3) is 16.2. The second-order valence-corrected chi connectivity index (χ2v) is 25.3. The summed E-state index contributed by atoms with van der Waals surface area (Å²) in [7, 11) is 0. The Balaban J connectivity index is 0.000000198. The van der Waals surface area contributed by atoms with Crippen LogP contribution in [0.15, 0.2) is 117 Å². The van der Waals surface area contributed by atoms with Crippen LogP contribution in [0.4, 0.5) is 0 Å². The van der Waals surface area contributed by atoms with E-state index in [1.54, 1.807) is 12.1 Å². The summed E-state index contributed by atoms with van der Waals surface area (Å²) in [4.78, 5) is 64.7. The van der Waals surface area contributed by atoms with Crippen molar-refractivity contribution >= 4 is 92.6 Å². The van der Waals surface area contributed by atoms with Gasteiger partial charge in [-0.1, -0.05) is 126 Å². The van der Waals surface area contributed by atoms with Crippen LogP contribution in [-0.2, 0) is 44.9 Å². The van der Waals surface area contributed by atoms with Crippen molar-refractivity contribution in [3.8, 4) is 0 Å². The summed E-state index contributed by atoms with van der Waals surface area (Å²) < 4.78 is 0. The monoisotopic (exact) mass is 1190 g/mol. The molecule has 8 atom stereocenters. The molecule has 10 rings (SSSR count). The number of carbonyl (C=O) groups excluding carboxylic acids is 4. The lowest BCUT2D eigenvalue weighted by Gasteiger charge is -2.32. The van der Waals surface area contributed by atoms with E-state index < -0.39 is 12.1 Å². The van der Waals surface area contributed by atoms with Crippen molar-refractivity contribution in [2.75, 3.05) is 26.2 Å². The standard InChI is InChI=1S/C33H40Cl2N4O2.C32H39Cl2N5O2/c1-22-18-31-33(41)38(17-16-27(39(31)21-22)12-8-24-6-4-3-5-7-24)30(14-11-26-19-23(2)36-37-26)32(40)15-10-25-9-13-28(34)29(35)20-25;1-21-17-25(37-36-21)10-13-29(31(40)14-9-23-8-12-27(33)28(34)18-23)38-16-15-26(11-7-22-5-3-2-4-6-22)39-20-24(35)19-30(39)32(38)41/h3-7,9,13,20,22,27,30-31H,8,10-12,14-19,21H2,1-2H3;2-6,8,12,18,24,26,29-30H,7,9-11,13-17,19-20,35H2,1H3/t22-,27?,30-,31+;24-,26?,29-,30+/m11/s1. The quantitative estimate of drug-likeness (QED) is 0.0821. The third-order valence-corrected chi connectivity index (χ3v) is 18.9. The fraction of sp³-hybridized carbons (Fsp3) is 0.508. The van der Waals surface area contributed by atoms with Gasteiger partial charge in [-0.05, 0) is 156 Å². The highest BCUT2D eigenvalue weighted by molar-refractivity contribution is 6.42. The van der Waals surface area contributed by atoms with E-state index in [-0.39, 0.29) is 47.5 Å². The van der Waals surface area contributed by atoms with Gasteiger partial charge >= 0.3 is 0 Å². The zero-order valence-electron chi connectivity index (χ0n) is 47.7. The van der Waals surface area contributed by atoms with Gasteiger partial charge in [0.1, 0.15) is 0 Å². The molecule has 0 aliphatic carbocycles. The van der Waals surface area contributed by atoms with Gasteiger partial charge < -0.3 is 15.5 Å². The fourth-order valence-corrected chi connectivity index (χ4v) is 13.8. The van der Waals surface area contributed by atoms with E-state index in [2.05, 4.69) is 85.7 Å². The van der Waals surface area contributed by atoms with Gasteiger partial charge in [0.25, 0.3) is 0 Å². The highest BCUT2D eigenvalue weighted by Crippen LogP contribution is 2.35. The molecular formula is C65H79Cl4N9O4. The number of hydrogen-bond donors (Lipinski definition) is 1. The first-order valence-electron chi connectivity index (χ1n) is 29.6. The van der Waals surface area contributed by atoms with Crippen LogP contribution < -0.4 is 5.73 Å². The summed E-state index contributed by atoms with van der Waals surface area (Å²) in [5.41, 5.74) is 14.9. The molecule has 82 heavy (non-hydrogen) atoms. The molecule has 6 heterocycles. The van der Waals surface area contributed by atoms with Gasteiger partial charge in [0, 0.05) is 92.8 Å². The van der Waals surface area contributed by atoms with Crippen LogP contribution >= 0.6 is 46.4 Å². The van der Waals surface area contributed by atoms with Crippen molar-refractivity contribution in [2.45, 2.75) is 179 Å². The average Bonchev–Trinajstić information content (AvgIpc) is 4.44. The van der Waals surface area contributed by atoms with E-state index >= 15 is 0 Å². The predicted molar refractivity (Wildman–Crippen MR) is 333 cm³/mol. The molecule has 2 N–H and O–H groups in total. The van der Waals surface area contributed by atoms with Crippen LogP contribution in [0, 0.1) is 5.92 Å². The summed E-state index contributed by atoms with van der Waals surface area (Å²) in [6.07, 6.45) is 12.7. The van der Waals surface area contributed by atoms with Gasteiger partial charge in [0.2, 0.25) is 11.8 Å². The second-order valence-electron chi connectivity index (χ2n) is 23.7. The van der Waals surface area contributed by atoms with Gasteiger partial charge in [-0.3, -0.25) is 29.0 Å². The molecule has 0 radical (unpaired) electrons. The molecule has 4 saturated heterocycles. The number of aryl methyl sites for hydroxylation is 4. The van der Waals surface area contributed by atoms with Crippen LogP contribution in [0.25, 0.3) is 0 Å². The molecule has 0 aromatic heterocycles. The minimum Gasteiger partial charge on any atom is -0.331 e. The number of nitrogens with two attached hydrogens (primary N) is 1. The Labute approximate surface area is 504 Å². The molecule has 436 valence electrons. The van der Waals surface area contributed by atoms with E-state index in [1.165, 1.54) is 11.1 Å². The summed E-state index contributed by atoms with van der Waals surface area (Å²) in [5.74, 6) is 0.775. The van der Waals surface area contributed by atoms with Gasteiger partial charge in [-0.15, -0.1) is 0 Å². The summed E-state index contributed by atoms with van der Waals surface area (Å²) in [5, 5.41) is 19.0. The zero-order valence-corrected chi connectivity index (χ0v) is 50.7. The molecule has 2 unspecified atom stereocenters. The highest BCUT2D eigenvalue weighted by Gasteiger charge is 2.47. The number of benzene rings is 4. The molecule has 0 spiro atoms. The van der Waals surface area contributed by atoms with Crippen molar-refractivity contribution in [2.24, 2.45) is 32.1 Å². The molecule has 0 saturated carbocycles. The van der Waals surface area contributed by atoms with Gasteiger partial charge in [-0.25, -0.2) is 0 Å². The molecule has 4 fully saturated rings. The Hall–Kier alpha value is -5.12. The highest BCUT2D eigenvalue weighted by atomic mass is 35.5. The minimum absolute atomic E-state index is 0.0360. The topological polar surface area (TPSA) is 157 Å². The number of halogens is 4. The molecule has 6 aliphatic heterocycles. The molecule has 0 bridgehead atoms. The Morgan fingerprint density at radius 2 is 0.988 bits per heavy atom. The van der Waals surface area contributed by atoms with Crippen LogP contribution in [-0.4, -0.2) is 134 Å². The van der Waals surface area contributed by atoms with E-state index in [0.29, 0.717) is 109 Å². The first-order valence-corrected chi connectivity index (χ1v) is 31.1. The van der Waals surface area contributed by atoms with E-state index in [1.807, 2.05) is 60.0 Å². The van der Waals surface area contributed by atoms with Crippen LogP contribution in [0.2, 0.25) is 20.1 Å². The maximum absolute atomic E-state index is 14.2. The van der Waals surface area contributed by atoms with Crippen molar-refractivity contribution in [1.29, 1.82) is 0 Å². The number of fused-ring (bicyclic) bond motifs is 2. The summed E-state index contributed by atoms with van der Waals surface area (Å²) in [6.45, 7) is 8.99.